The Balaban J connectivity index is 1.90. The zero-order chi connectivity index (χ0) is 24.5. The van der Waals surface area contributed by atoms with Crippen molar-refractivity contribution in [1.29, 1.82) is 5.41 Å². The number of halogens is 1. The SMILES string of the molecule is CCOc1ncc(C(=O)NCC(N)=O)c(NCC(C(=N)c2ccc(Cl)cc2)c2ccccc2)n1. The summed E-state index contributed by atoms with van der Waals surface area (Å²) in [5, 5.41) is 15.0. The number of hydrogen-bond acceptors (Lipinski definition) is 7. The first-order valence-corrected chi connectivity index (χ1v) is 11.0. The highest BCUT2D eigenvalue weighted by Crippen LogP contribution is 2.24. The number of carbonyl (C=O) groups is 2. The number of aromatic nitrogens is 2. The van der Waals surface area contributed by atoms with E-state index in [2.05, 4.69) is 20.6 Å². The molecule has 2 aromatic carbocycles. The lowest BCUT2D eigenvalue weighted by Gasteiger charge is -2.21. The third-order valence-corrected chi connectivity index (χ3v) is 5.14. The number of carbonyl (C=O) groups excluding carboxylic acids is 2. The van der Waals surface area contributed by atoms with Crippen LogP contribution in [0.1, 0.15) is 34.3 Å². The second kappa shape index (κ2) is 11.8. The number of hydrogen-bond donors (Lipinski definition) is 4. The molecule has 0 radical (unpaired) electrons. The molecule has 10 heteroatoms. The molecule has 1 atom stereocenters. The maximum atomic E-state index is 12.6. The van der Waals surface area contributed by atoms with Gasteiger partial charge < -0.3 is 26.5 Å². The summed E-state index contributed by atoms with van der Waals surface area (Å²) in [6.45, 7) is 2.08. The van der Waals surface area contributed by atoms with Gasteiger partial charge in [0, 0.05) is 29.4 Å². The van der Waals surface area contributed by atoms with Crippen molar-refractivity contribution < 1.29 is 14.3 Å². The van der Waals surface area contributed by atoms with Gasteiger partial charge in [0.05, 0.1) is 13.2 Å². The van der Waals surface area contributed by atoms with E-state index < -0.39 is 11.8 Å². The number of amides is 2. The van der Waals surface area contributed by atoms with E-state index >= 15 is 0 Å². The minimum absolute atomic E-state index is 0.0977. The average Bonchev–Trinajstić information content (AvgIpc) is 2.84. The number of rotatable bonds is 11. The lowest BCUT2D eigenvalue weighted by molar-refractivity contribution is -0.117. The highest BCUT2D eigenvalue weighted by molar-refractivity contribution is 6.30. The van der Waals surface area contributed by atoms with Gasteiger partial charge in [0.25, 0.3) is 5.91 Å². The Bertz CT molecular complexity index is 1160. The van der Waals surface area contributed by atoms with Crippen LogP contribution in [0.25, 0.3) is 0 Å². The van der Waals surface area contributed by atoms with Gasteiger partial charge in [0.15, 0.2) is 0 Å². The third kappa shape index (κ3) is 6.52. The Morgan fingerprint density at radius 2 is 1.85 bits per heavy atom. The van der Waals surface area contributed by atoms with Crippen LogP contribution in [0, 0.1) is 5.41 Å². The van der Waals surface area contributed by atoms with Gasteiger partial charge in [0.1, 0.15) is 11.4 Å². The van der Waals surface area contributed by atoms with Crippen LogP contribution in [-0.2, 0) is 4.79 Å². The number of ether oxygens (including phenoxy) is 1. The minimum Gasteiger partial charge on any atom is -0.464 e. The van der Waals surface area contributed by atoms with Crippen molar-refractivity contribution in [2.45, 2.75) is 12.8 Å². The van der Waals surface area contributed by atoms with Gasteiger partial charge in [-0.05, 0) is 30.2 Å². The van der Waals surface area contributed by atoms with E-state index in [1.54, 1.807) is 31.2 Å². The lowest BCUT2D eigenvalue weighted by atomic mass is 9.90. The predicted octanol–water partition coefficient (Wildman–Crippen LogP) is 3.01. The summed E-state index contributed by atoms with van der Waals surface area (Å²) in [7, 11) is 0. The first kappa shape index (κ1) is 24.7. The number of nitrogens with zero attached hydrogens (tertiary/aromatic N) is 2. The fourth-order valence-electron chi connectivity index (χ4n) is 3.23. The molecule has 0 spiro atoms. The van der Waals surface area contributed by atoms with Crippen molar-refractivity contribution in [2.24, 2.45) is 5.73 Å². The molecule has 9 nitrogen and oxygen atoms in total. The summed E-state index contributed by atoms with van der Waals surface area (Å²) in [5.41, 5.74) is 7.25. The van der Waals surface area contributed by atoms with Crippen molar-refractivity contribution in [1.82, 2.24) is 15.3 Å². The van der Waals surface area contributed by atoms with Crippen molar-refractivity contribution in [3.63, 3.8) is 0 Å². The van der Waals surface area contributed by atoms with Crippen molar-refractivity contribution in [3.05, 3.63) is 82.5 Å². The van der Waals surface area contributed by atoms with Gasteiger partial charge in [0.2, 0.25) is 5.91 Å². The molecule has 1 unspecified atom stereocenters. The smallest absolute Gasteiger partial charge is 0.318 e. The van der Waals surface area contributed by atoms with Crippen LogP contribution < -0.4 is 21.1 Å². The molecule has 1 heterocycles. The first-order chi connectivity index (χ1) is 16.4. The van der Waals surface area contributed by atoms with Gasteiger partial charge in [-0.3, -0.25) is 9.59 Å². The zero-order valence-electron chi connectivity index (χ0n) is 18.5. The molecule has 34 heavy (non-hydrogen) atoms. The molecule has 2 amide bonds. The molecule has 3 rings (SSSR count). The number of nitrogens with one attached hydrogen (secondary N) is 3. The maximum Gasteiger partial charge on any atom is 0.318 e. The second-order valence-electron chi connectivity index (χ2n) is 7.26. The topological polar surface area (TPSA) is 143 Å². The zero-order valence-corrected chi connectivity index (χ0v) is 19.3. The molecule has 176 valence electrons. The van der Waals surface area contributed by atoms with Gasteiger partial charge in [-0.2, -0.15) is 4.98 Å². The highest BCUT2D eigenvalue weighted by atomic mass is 35.5. The van der Waals surface area contributed by atoms with E-state index in [0.717, 1.165) is 11.1 Å². The molecule has 0 bridgehead atoms. The third-order valence-electron chi connectivity index (χ3n) is 4.89. The van der Waals surface area contributed by atoms with Crippen molar-refractivity contribution in [3.8, 4) is 6.01 Å². The molecular weight excluding hydrogens is 456 g/mol. The van der Waals surface area contributed by atoms with Crippen LogP contribution in [0.5, 0.6) is 6.01 Å². The number of primary amides is 1. The second-order valence-corrected chi connectivity index (χ2v) is 7.70. The molecule has 0 saturated carbocycles. The Hall–Kier alpha value is -3.98. The number of nitrogens with two attached hydrogens (primary N) is 1. The van der Waals surface area contributed by atoms with Crippen LogP contribution in [0.15, 0.2) is 60.8 Å². The van der Waals surface area contributed by atoms with E-state index in [-0.39, 0.29) is 36.4 Å². The molecule has 0 saturated heterocycles. The molecule has 1 aromatic heterocycles. The Morgan fingerprint density at radius 1 is 1.15 bits per heavy atom. The average molecular weight is 481 g/mol. The van der Waals surface area contributed by atoms with E-state index in [1.165, 1.54) is 6.20 Å². The molecule has 0 aliphatic carbocycles. The standard InChI is InChI=1S/C24H25ClN6O3/c1-2-34-24-30-13-19(23(33)29-14-20(26)32)22(31-24)28-12-18(15-6-4-3-5-7-15)21(27)16-8-10-17(25)11-9-16/h3-11,13,18,27H,2,12,14H2,1H3,(H2,26,32)(H,29,33)(H,28,30,31). The van der Waals surface area contributed by atoms with E-state index in [1.807, 2.05) is 30.3 Å². The predicted molar refractivity (Wildman–Crippen MR) is 131 cm³/mol. The fourth-order valence-corrected chi connectivity index (χ4v) is 3.36. The molecule has 0 aliphatic heterocycles. The van der Waals surface area contributed by atoms with Crippen LogP contribution in [0.2, 0.25) is 5.02 Å². The summed E-state index contributed by atoms with van der Waals surface area (Å²) in [6.07, 6.45) is 1.32. The molecular formula is C24H25ClN6O3. The first-order valence-electron chi connectivity index (χ1n) is 10.6. The van der Waals surface area contributed by atoms with Gasteiger partial charge >= 0.3 is 6.01 Å². The van der Waals surface area contributed by atoms with Crippen LogP contribution in [0.3, 0.4) is 0 Å². The number of benzene rings is 2. The maximum absolute atomic E-state index is 12.6. The Morgan fingerprint density at radius 3 is 2.50 bits per heavy atom. The summed E-state index contributed by atoms with van der Waals surface area (Å²) >= 11 is 6.01. The monoisotopic (exact) mass is 480 g/mol. The summed E-state index contributed by atoms with van der Waals surface area (Å²) in [6, 6.07) is 16.7. The van der Waals surface area contributed by atoms with Crippen LogP contribution in [0.4, 0.5) is 5.82 Å². The lowest BCUT2D eigenvalue weighted by Crippen LogP contribution is -2.34. The van der Waals surface area contributed by atoms with Crippen LogP contribution >= 0.6 is 11.6 Å². The minimum atomic E-state index is -0.671. The highest BCUT2D eigenvalue weighted by Gasteiger charge is 2.21. The van der Waals surface area contributed by atoms with Gasteiger partial charge in [-0.1, -0.05) is 54.1 Å². The van der Waals surface area contributed by atoms with Crippen molar-refractivity contribution >= 4 is 34.9 Å². The van der Waals surface area contributed by atoms with Gasteiger partial charge in [-0.15, -0.1) is 0 Å². The Labute approximate surface area is 202 Å². The van der Waals surface area contributed by atoms with E-state index in [9.17, 15) is 9.59 Å². The molecule has 5 N–H and O–H groups in total. The molecule has 0 fully saturated rings. The normalized spacial score (nSPS) is 11.4. The van der Waals surface area contributed by atoms with Crippen molar-refractivity contribution in [2.75, 3.05) is 25.0 Å². The number of anilines is 1. The summed E-state index contributed by atoms with van der Waals surface area (Å²) in [4.78, 5) is 32.0. The van der Waals surface area contributed by atoms with Crippen LogP contribution in [-0.4, -0.2) is 47.2 Å². The molecule has 3 aromatic rings. The summed E-state index contributed by atoms with van der Waals surface area (Å²) in [5.74, 6) is -1.39. The van der Waals surface area contributed by atoms with E-state index in [4.69, 9.17) is 27.5 Å². The quantitative estimate of drug-likeness (QED) is 0.310. The molecule has 0 aliphatic rings. The fraction of sp³-hybridized carbons (Fsp3) is 0.208. The largest absolute Gasteiger partial charge is 0.464 e. The Kier molecular flexibility index (Phi) is 8.53. The van der Waals surface area contributed by atoms with Gasteiger partial charge in [-0.25, -0.2) is 4.98 Å². The van der Waals surface area contributed by atoms with E-state index in [0.29, 0.717) is 17.3 Å². The summed E-state index contributed by atoms with van der Waals surface area (Å²) < 4.78 is 5.38.